The molecule has 0 unspecified atom stereocenters. The molecule has 7 nitrogen and oxygen atoms in total. The van der Waals surface area contributed by atoms with Crippen molar-refractivity contribution in [2.24, 2.45) is 5.92 Å². The normalized spacial score (nSPS) is 15.8. The van der Waals surface area contributed by atoms with E-state index in [-0.39, 0.29) is 11.6 Å². The monoisotopic (exact) mass is 306 g/mol. The van der Waals surface area contributed by atoms with Gasteiger partial charge in [0.25, 0.3) is 11.6 Å². The highest BCUT2D eigenvalue weighted by Gasteiger charge is 2.25. The van der Waals surface area contributed by atoms with E-state index in [2.05, 4.69) is 17.2 Å². The molecular weight excluding hydrogens is 284 g/mol. The van der Waals surface area contributed by atoms with Crippen LogP contribution in [0.15, 0.2) is 12.3 Å². The Morgan fingerprint density at radius 2 is 2.18 bits per heavy atom. The molecule has 0 atom stereocenters. The lowest BCUT2D eigenvalue weighted by Crippen LogP contribution is -2.41. The summed E-state index contributed by atoms with van der Waals surface area (Å²) in [6.07, 6.45) is 3.11. The standard InChI is InChI=1S/C15H22N4O3/c1-3-16-9-12-4-6-18(7-5-12)15(20)14-8-13(19(21)22)10-17-11(14)2/h8,10,12,16H,3-7,9H2,1-2H3. The van der Waals surface area contributed by atoms with Gasteiger partial charge in [0.1, 0.15) is 6.20 Å². The van der Waals surface area contributed by atoms with E-state index >= 15 is 0 Å². The molecule has 0 bridgehead atoms. The number of hydrogen-bond donors (Lipinski definition) is 1. The summed E-state index contributed by atoms with van der Waals surface area (Å²) in [6.45, 7) is 7.10. The molecule has 2 rings (SSSR count). The molecular formula is C15H22N4O3. The summed E-state index contributed by atoms with van der Waals surface area (Å²) >= 11 is 0. The summed E-state index contributed by atoms with van der Waals surface area (Å²) in [4.78, 5) is 28.6. The fraction of sp³-hybridized carbons (Fsp3) is 0.600. The lowest BCUT2D eigenvalue weighted by Gasteiger charge is -2.32. The lowest BCUT2D eigenvalue weighted by atomic mass is 9.96. The number of likely N-dealkylation sites (tertiary alicyclic amines) is 1. The maximum Gasteiger partial charge on any atom is 0.288 e. The van der Waals surface area contributed by atoms with Crippen molar-refractivity contribution in [3.63, 3.8) is 0 Å². The van der Waals surface area contributed by atoms with Gasteiger partial charge in [-0.15, -0.1) is 0 Å². The van der Waals surface area contributed by atoms with Crippen molar-refractivity contribution in [2.75, 3.05) is 26.2 Å². The van der Waals surface area contributed by atoms with E-state index in [1.807, 2.05) is 0 Å². The molecule has 0 spiro atoms. The van der Waals surface area contributed by atoms with Crippen LogP contribution < -0.4 is 5.32 Å². The maximum absolute atomic E-state index is 12.6. The van der Waals surface area contributed by atoms with Gasteiger partial charge < -0.3 is 10.2 Å². The van der Waals surface area contributed by atoms with Crippen molar-refractivity contribution < 1.29 is 9.72 Å². The number of carbonyl (C=O) groups excluding carboxylic acids is 1. The Morgan fingerprint density at radius 3 is 2.77 bits per heavy atom. The Balaban J connectivity index is 2.04. The minimum atomic E-state index is -0.522. The van der Waals surface area contributed by atoms with Crippen molar-refractivity contribution in [1.82, 2.24) is 15.2 Å². The highest BCUT2D eigenvalue weighted by Crippen LogP contribution is 2.21. The van der Waals surface area contributed by atoms with Crippen molar-refractivity contribution in [3.05, 3.63) is 33.6 Å². The molecule has 1 aliphatic heterocycles. The molecule has 1 saturated heterocycles. The van der Waals surface area contributed by atoms with Crippen LogP contribution in [-0.2, 0) is 0 Å². The zero-order valence-corrected chi connectivity index (χ0v) is 13.0. The average Bonchev–Trinajstić information content (AvgIpc) is 2.53. The number of carbonyl (C=O) groups is 1. The van der Waals surface area contributed by atoms with Gasteiger partial charge in [0.2, 0.25) is 0 Å². The lowest BCUT2D eigenvalue weighted by molar-refractivity contribution is -0.385. The Hall–Kier alpha value is -2.02. The molecule has 0 aliphatic carbocycles. The molecule has 1 amide bonds. The van der Waals surface area contributed by atoms with Crippen LogP contribution >= 0.6 is 0 Å². The third kappa shape index (κ3) is 3.79. The molecule has 1 aromatic heterocycles. The van der Waals surface area contributed by atoms with E-state index in [0.717, 1.165) is 25.9 Å². The van der Waals surface area contributed by atoms with Crippen molar-refractivity contribution in [2.45, 2.75) is 26.7 Å². The minimum Gasteiger partial charge on any atom is -0.339 e. The van der Waals surface area contributed by atoms with Crippen LogP contribution in [0, 0.1) is 23.0 Å². The summed E-state index contributed by atoms with van der Waals surface area (Å²) in [5.41, 5.74) is 0.723. The fourth-order valence-corrected chi connectivity index (χ4v) is 2.70. The molecule has 1 aliphatic rings. The molecule has 1 fully saturated rings. The second-order valence-electron chi connectivity index (χ2n) is 5.63. The highest BCUT2D eigenvalue weighted by molar-refractivity contribution is 5.95. The molecule has 22 heavy (non-hydrogen) atoms. The molecule has 120 valence electrons. The van der Waals surface area contributed by atoms with E-state index in [1.54, 1.807) is 11.8 Å². The molecule has 1 aromatic rings. The number of aromatic nitrogens is 1. The summed E-state index contributed by atoms with van der Waals surface area (Å²) in [5, 5.41) is 14.2. The van der Waals surface area contributed by atoms with Crippen LogP contribution in [0.2, 0.25) is 0 Å². The average molecular weight is 306 g/mol. The Kier molecular flexibility index (Phi) is 5.43. The third-order valence-corrected chi connectivity index (χ3v) is 4.10. The summed E-state index contributed by atoms with van der Waals surface area (Å²) in [7, 11) is 0. The van der Waals surface area contributed by atoms with Gasteiger partial charge in [0.15, 0.2) is 0 Å². The fourth-order valence-electron chi connectivity index (χ4n) is 2.70. The molecule has 1 N–H and O–H groups in total. The van der Waals surface area contributed by atoms with Crippen molar-refractivity contribution >= 4 is 11.6 Å². The smallest absolute Gasteiger partial charge is 0.288 e. The van der Waals surface area contributed by atoms with Crippen molar-refractivity contribution in [3.8, 4) is 0 Å². The van der Waals surface area contributed by atoms with E-state index in [4.69, 9.17) is 0 Å². The highest BCUT2D eigenvalue weighted by atomic mass is 16.6. The second kappa shape index (κ2) is 7.31. The number of nitrogens with zero attached hydrogens (tertiary/aromatic N) is 3. The molecule has 2 heterocycles. The number of nitro groups is 1. The van der Waals surface area contributed by atoms with E-state index < -0.39 is 4.92 Å². The Bertz CT molecular complexity index is 554. The molecule has 0 aromatic carbocycles. The number of rotatable bonds is 5. The predicted octanol–water partition coefficient (Wildman–Crippen LogP) is 1.76. The van der Waals surface area contributed by atoms with Crippen LogP contribution in [0.1, 0.15) is 35.8 Å². The van der Waals surface area contributed by atoms with Crippen LogP contribution in [-0.4, -0.2) is 46.9 Å². The van der Waals surface area contributed by atoms with E-state index in [9.17, 15) is 14.9 Å². The van der Waals surface area contributed by atoms with Gasteiger partial charge in [-0.3, -0.25) is 19.9 Å². The predicted molar refractivity (Wildman–Crippen MR) is 82.8 cm³/mol. The number of hydrogen-bond acceptors (Lipinski definition) is 5. The zero-order valence-electron chi connectivity index (χ0n) is 13.0. The first-order valence-electron chi connectivity index (χ1n) is 7.64. The molecule has 0 saturated carbocycles. The number of nitrogens with one attached hydrogen (secondary N) is 1. The summed E-state index contributed by atoms with van der Waals surface area (Å²) in [5.74, 6) is 0.434. The number of aryl methyl sites for hydroxylation is 1. The zero-order chi connectivity index (χ0) is 16.1. The summed E-state index contributed by atoms with van der Waals surface area (Å²) < 4.78 is 0. The number of piperidine rings is 1. The van der Waals surface area contributed by atoms with Crippen LogP contribution in [0.5, 0.6) is 0 Å². The van der Waals surface area contributed by atoms with Gasteiger partial charge >= 0.3 is 0 Å². The van der Waals surface area contributed by atoms with Gasteiger partial charge in [-0.1, -0.05) is 6.92 Å². The van der Waals surface area contributed by atoms with Gasteiger partial charge in [0.05, 0.1) is 16.2 Å². The van der Waals surface area contributed by atoms with Crippen molar-refractivity contribution in [1.29, 1.82) is 0 Å². The summed E-state index contributed by atoms with van der Waals surface area (Å²) in [6, 6.07) is 1.33. The maximum atomic E-state index is 12.6. The minimum absolute atomic E-state index is 0.143. The van der Waals surface area contributed by atoms with Gasteiger partial charge in [0, 0.05) is 19.2 Å². The van der Waals surface area contributed by atoms with Gasteiger partial charge in [-0.05, 0) is 38.8 Å². The number of amides is 1. The third-order valence-electron chi connectivity index (χ3n) is 4.10. The van der Waals surface area contributed by atoms with Gasteiger partial charge in [-0.2, -0.15) is 0 Å². The number of pyridine rings is 1. The Morgan fingerprint density at radius 1 is 1.50 bits per heavy atom. The molecule has 0 radical (unpaired) electrons. The quantitative estimate of drug-likeness (QED) is 0.661. The molecule has 7 heteroatoms. The van der Waals surface area contributed by atoms with Gasteiger partial charge in [-0.25, -0.2) is 0 Å². The second-order valence-corrected chi connectivity index (χ2v) is 5.63. The largest absolute Gasteiger partial charge is 0.339 e. The van der Waals surface area contributed by atoms with E-state index in [1.165, 1.54) is 12.3 Å². The van der Waals surface area contributed by atoms with Crippen LogP contribution in [0.25, 0.3) is 0 Å². The van der Waals surface area contributed by atoms with Crippen LogP contribution in [0.4, 0.5) is 5.69 Å². The van der Waals surface area contributed by atoms with Crippen LogP contribution in [0.3, 0.4) is 0 Å². The first-order valence-corrected chi connectivity index (χ1v) is 7.64. The SMILES string of the molecule is CCNCC1CCN(C(=O)c2cc([N+](=O)[O-])cnc2C)CC1. The first kappa shape index (κ1) is 16.4. The first-order chi connectivity index (χ1) is 10.5. The topological polar surface area (TPSA) is 88.4 Å². The van der Waals surface area contributed by atoms with E-state index in [0.29, 0.717) is 30.3 Å². The Labute approximate surface area is 129 Å².